The topological polar surface area (TPSA) is 71.3 Å². The highest BCUT2D eigenvalue weighted by atomic mass is 79.9. The van der Waals surface area contributed by atoms with Crippen molar-refractivity contribution < 1.29 is 9.32 Å². The molecule has 6 nitrogen and oxygen atoms in total. The zero-order valence-corrected chi connectivity index (χ0v) is 19.1. The fourth-order valence-corrected chi connectivity index (χ4v) is 4.36. The normalized spacial score (nSPS) is 15.2. The van der Waals surface area contributed by atoms with E-state index in [9.17, 15) is 4.79 Å². The quantitative estimate of drug-likeness (QED) is 0.399. The third-order valence-electron chi connectivity index (χ3n) is 5.90. The summed E-state index contributed by atoms with van der Waals surface area (Å²) in [6.45, 7) is 2.25. The van der Waals surface area contributed by atoms with Crippen molar-refractivity contribution >= 4 is 38.3 Å². The molecule has 0 atom stereocenters. The second kappa shape index (κ2) is 9.22. The number of carbonyl (C=O) groups excluding carboxylic acids is 1. The van der Waals surface area contributed by atoms with Crippen LogP contribution < -0.4 is 5.32 Å². The largest absolute Gasteiger partial charge is 0.338 e. The predicted molar refractivity (Wildman–Crippen MR) is 128 cm³/mol. The van der Waals surface area contributed by atoms with Gasteiger partial charge in [-0.25, -0.2) is 0 Å². The Bertz CT molecular complexity index is 1230. The molecule has 0 radical (unpaired) electrons. The number of amides is 1. The van der Waals surface area contributed by atoms with Gasteiger partial charge in [-0.3, -0.25) is 9.69 Å². The van der Waals surface area contributed by atoms with Gasteiger partial charge in [0.1, 0.15) is 0 Å². The van der Waals surface area contributed by atoms with Crippen LogP contribution in [0.2, 0.25) is 0 Å². The van der Waals surface area contributed by atoms with Crippen molar-refractivity contribution in [3.8, 4) is 11.4 Å². The highest BCUT2D eigenvalue weighted by Crippen LogP contribution is 2.24. The summed E-state index contributed by atoms with van der Waals surface area (Å²) in [6, 6.07) is 22.0. The lowest BCUT2D eigenvalue weighted by atomic mass is 9.95. The molecular weight excluding hydrogens is 468 g/mol. The van der Waals surface area contributed by atoms with Crippen LogP contribution in [0, 0.1) is 5.92 Å². The van der Waals surface area contributed by atoms with E-state index in [0.29, 0.717) is 18.3 Å². The van der Waals surface area contributed by atoms with E-state index in [-0.39, 0.29) is 11.8 Å². The van der Waals surface area contributed by atoms with Crippen LogP contribution in [0.3, 0.4) is 0 Å². The first-order valence-corrected chi connectivity index (χ1v) is 11.5. The van der Waals surface area contributed by atoms with Gasteiger partial charge in [-0.2, -0.15) is 4.98 Å². The van der Waals surface area contributed by atoms with Crippen LogP contribution in [0.5, 0.6) is 0 Å². The maximum Gasteiger partial charge on any atom is 0.241 e. The Balaban J connectivity index is 1.14. The number of aromatic nitrogens is 2. The maximum absolute atomic E-state index is 12.8. The van der Waals surface area contributed by atoms with E-state index in [2.05, 4.69) is 48.4 Å². The van der Waals surface area contributed by atoms with Crippen LogP contribution in [0.4, 0.5) is 5.69 Å². The number of nitrogens with one attached hydrogen (secondary N) is 1. The van der Waals surface area contributed by atoms with Gasteiger partial charge in [0.25, 0.3) is 0 Å². The lowest BCUT2D eigenvalue weighted by Gasteiger charge is -2.30. The first kappa shape index (κ1) is 20.8. The molecular formula is C25H23BrN4O2. The SMILES string of the molecule is O=C(Nc1ccc2ccccc2c1)C1CCN(Cc2nc(-c3ccc(Br)cc3)no2)CC1. The Hall–Kier alpha value is -3.03. The van der Waals surface area contributed by atoms with Gasteiger partial charge >= 0.3 is 0 Å². The molecule has 1 aliphatic heterocycles. The minimum Gasteiger partial charge on any atom is -0.338 e. The zero-order chi connectivity index (χ0) is 21.9. The van der Waals surface area contributed by atoms with Crippen LogP contribution in [-0.4, -0.2) is 34.0 Å². The molecule has 0 aliphatic carbocycles. The number of piperidine rings is 1. The Labute approximate surface area is 194 Å². The van der Waals surface area contributed by atoms with Crippen molar-refractivity contribution in [2.45, 2.75) is 19.4 Å². The van der Waals surface area contributed by atoms with Crippen LogP contribution in [0.1, 0.15) is 18.7 Å². The van der Waals surface area contributed by atoms with Crippen molar-refractivity contribution in [1.29, 1.82) is 0 Å². The number of anilines is 1. The molecule has 1 fully saturated rings. The predicted octanol–water partition coefficient (Wildman–Crippen LogP) is 5.50. The molecule has 1 aromatic heterocycles. The lowest BCUT2D eigenvalue weighted by molar-refractivity contribution is -0.121. The third-order valence-corrected chi connectivity index (χ3v) is 6.43. The van der Waals surface area contributed by atoms with Gasteiger partial charge in [-0.15, -0.1) is 0 Å². The van der Waals surface area contributed by atoms with Gasteiger partial charge < -0.3 is 9.84 Å². The van der Waals surface area contributed by atoms with Crippen LogP contribution in [0.15, 0.2) is 75.7 Å². The molecule has 1 aliphatic rings. The Morgan fingerprint density at radius 3 is 2.56 bits per heavy atom. The number of nitrogens with zero attached hydrogens (tertiary/aromatic N) is 3. The summed E-state index contributed by atoms with van der Waals surface area (Å²) in [7, 11) is 0. The van der Waals surface area contributed by atoms with E-state index in [1.54, 1.807) is 0 Å². The zero-order valence-electron chi connectivity index (χ0n) is 17.5. The number of likely N-dealkylation sites (tertiary alicyclic amines) is 1. The molecule has 3 aromatic carbocycles. The molecule has 0 bridgehead atoms. The standard InChI is InChI=1S/C25H23BrN4O2/c26-21-8-5-18(6-9-21)24-28-23(32-29-24)16-30-13-11-19(12-14-30)25(31)27-22-10-7-17-3-1-2-4-20(17)15-22/h1-10,15,19H,11-14,16H2,(H,27,31). The highest BCUT2D eigenvalue weighted by Gasteiger charge is 2.26. The van der Waals surface area contributed by atoms with Gasteiger partial charge in [0.15, 0.2) is 0 Å². The Kier molecular flexibility index (Phi) is 6.01. The molecule has 4 aromatic rings. The molecule has 0 unspecified atom stereocenters. The number of fused-ring (bicyclic) bond motifs is 1. The molecule has 1 saturated heterocycles. The van der Waals surface area contributed by atoms with Gasteiger partial charge in [-0.05, 0) is 73.1 Å². The van der Waals surface area contributed by atoms with Gasteiger partial charge in [0.2, 0.25) is 17.6 Å². The van der Waals surface area contributed by atoms with Gasteiger partial charge in [0, 0.05) is 21.6 Å². The monoisotopic (exact) mass is 490 g/mol. The lowest BCUT2D eigenvalue weighted by Crippen LogP contribution is -2.37. The Morgan fingerprint density at radius 2 is 1.78 bits per heavy atom. The smallest absolute Gasteiger partial charge is 0.241 e. The van der Waals surface area contributed by atoms with E-state index in [0.717, 1.165) is 47.0 Å². The summed E-state index contributed by atoms with van der Waals surface area (Å²) in [6.07, 6.45) is 1.63. The van der Waals surface area contributed by atoms with Crippen molar-refractivity contribution in [1.82, 2.24) is 15.0 Å². The summed E-state index contributed by atoms with van der Waals surface area (Å²) < 4.78 is 6.46. The van der Waals surface area contributed by atoms with Crippen molar-refractivity contribution in [2.24, 2.45) is 5.92 Å². The molecule has 2 heterocycles. The number of carbonyl (C=O) groups is 1. The van der Waals surface area contributed by atoms with Gasteiger partial charge in [-0.1, -0.05) is 51.4 Å². The second-order valence-corrected chi connectivity index (χ2v) is 9.04. The summed E-state index contributed by atoms with van der Waals surface area (Å²) in [5.74, 6) is 1.30. The van der Waals surface area contributed by atoms with E-state index in [1.807, 2.05) is 54.6 Å². The number of halogens is 1. The van der Waals surface area contributed by atoms with Crippen LogP contribution >= 0.6 is 15.9 Å². The first-order chi connectivity index (χ1) is 15.6. The molecule has 1 amide bonds. The Morgan fingerprint density at radius 1 is 1.03 bits per heavy atom. The number of rotatable bonds is 5. The van der Waals surface area contributed by atoms with E-state index >= 15 is 0 Å². The highest BCUT2D eigenvalue weighted by molar-refractivity contribution is 9.10. The molecule has 7 heteroatoms. The average Bonchev–Trinajstić information content (AvgIpc) is 3.28. The summed E-state index contributed by atoms with van der Waals surface area (Å²) >= 11 is 3.43. The van der Waals surface area contributed by atoms with Crippen molar-refractivity contribution in [3.63, 3.8) is 0 Å². The average molecular weight is 491 g/mol. The molecule has 5 rings (SSSR count). The maximum atomic E-state index is 12.8. The molecule has 0 spiro atoms. The van der Waals surface area contributed by atoms with Crippen molar-refractivity contribution in [3.05, 3.63) is 77.1 Å². The minimum atomic E-state index is 0.0127. The summed E-state index contributed by atoms with van der Waals surface area (Å²) in [4.78, 5) is 19.6. The number of hydrogen-bond donors (Lipinski definition) is 1. The molecule has 1 N–H and O–H groups in total. The van der Waals surface area contributed by atoms with E-state index in [1.165, 1.54) is 5.39 Å². The molecule has 0 saturated carbocycles. The second-order valence-electron chi connectivity index (χ2n) is 8.12. The third kappa shape index (κ3) is 4.74. The summed E-state index contributed by atoms with van der Waals surface area (Å²) in [5, 5.41) is 9.49. The number of benzene rings is 3. The van der Waals surface area contributed by atoms with Crippen LogP contribution in [0.25, 0.3) is 22.2 Å². The van der Waals surface area contributed by atoms with Crippen molar-refractivity contribution in [2.75, 3.05) is 18.4 Å². The van der Waals surface area contributed by atoms with Gasteiger partial charge in [0.05, 0.1) is 6.54 Å². The minimum absolute atomic E-state index is 0.0127. The fourth-order valence-electron chi connectivity index (χ4n) is 4.09. The first-order valence-electron chi connectivity index (χ1n) is 10.7. The molecule has 162 valence electrons. The van der Waals surface area contributed by atoms with Crippen LogP contribution in [-0.2, 0) is 11.3 Å². The van der Waals surface area contributed by atoms with E-state index < -0.39 is 0 Å². The molecule has 32 heavy (non-hydrogen) atoms. The van der Waals surface area contributed by atoms with E-state index in [4.69, 9.17) is 4.52 Å². The number of hydrogen-bond acceptors (Lipinski definition) is 5. The fraction of sp³-hybridized carbons (Fsp3) is 0.240. The summed E-state index contributed by atoms with van der Waals surface area (Å²) in [5.41, 5.74) is 1.77.